The Kier molecular flexibility index (Phi) is 4.55. The lowest BCUT2D eigenvalue weighted by atomic mass is 10.1. The van der Waals surface area contributed by atoms with E-state index in [2.05, 4.69) is 16.3 Å². The van der Waals surface area contributed by atoms with Gasteiger partial charge in [-0.1, -0.05) is 18.2 Å². The molecule has 4 nitrogen and oxygen atoms in total. The van der Waals surface area contributed by atoms with Crippen molar-refractivity contribution < 1.29 is 9.47 Å². The topological polar surface area (TPSA) is 33.7 Å². The molecule has 0 radical (unpaired) electrons. The third-order valence-corrected chi connectivity index (χ3v) is 4.34. The van der Waals surface area contributed by atoms with Gasteiger partial charge in [0.05, 0.1) is 19.8 Å². The van der Waals surface area contributed by atoms with Crippen molar-refractivity contribution in [2.75, 3.05) is 33.4 Å². The van der Waals surface area contributed by atoms with E-state index in [-0.39, 0.29) is 0 Å². The molecule has 2 fully saturated rings. The van der Waals surface area contributed by atoms with E-state index < -0.39 is 0 Å². The summed E-state index contributed by atoms with van der Waals surface area (Å²) >= 11 is 0. The molecule has 110 valence electrons. The summed E-state index contributed by atoms with van der Waals surface area (Å²) in [5, 5.41) is 3.49. The summed E-state index contributed by atoms with van der Waals surface area (Å²) in [6, 6.07) is 8.83. The first-order valence-corrected chi connectivity index (χ1v) is 7.55. The van der Waals surface area contributed by atoms with Crippen LogP contribution in [0.1, 0.15) is 18.4 Å². The van der Waals surface area contributed by atoms with E-state index in [9.17, 15) is 0 Å². The van der Waals surface area contributed by atoms with Crippen LogP contribution < -0.4 is 10.1 Å². The second-order valence-corrected chi connectivity index (χ2v) is 5.69. The number of nitrogens with one attached hydrogen (secondary N) is 1. The normalized spacial score (nSPS) is 26.4. The average Bonchev–Trinajstić information content (AvgIpc) is 2.95. The lowest BCUT2D eigenvalue weighted by Crippen LogP contribution is -2.49. The first kappa shape index (κ1) is 13.9. The Morgan fingerprint density at radius 2 is 2.30 bits per heavy atom. The maximum atomic E-state index is 5.95. The van der Waals surface area contributed by atoms with Crippen molar-refractivity contribution in [1.82, 2.24) is 10.2 Å². The van der Waals surface area contributed by atoms with E-state index in [0.717, 1.165) is 32.0 Å². The van der Waals surface area contributed by atoms with Crippen molar-refractivity contribution in [2.45, 2.75) is 31.5 Å². The van der Waals surface area contributed by atoms with Gasteiger partial charge < -0.3 is 14.8 Å². The number of fused-ring (bicyclic) bond motifs is 1. The van der Waals surface area contributed by atoms with Crippen molar-refractivity contribution in [3.05, 3.63) is 29.8 Å². The Labute approximate surface area is 121 Å². The quantitative estimate of drug-likeness (QED) is 0.886. The van der Waals surface area contributed by atoms with Gasteiger partial charge in [0.25, 0.3) is 0 Å². The van der Waals surface area contributed by atoms with Crippen LogP contribution in [0.3, 0.4) is 0 Å². The summed E-state index contributed by atoms with van der Waals surface area (Å²) in [6.07, 6.45) is 2.95. The third-order valence-electron chi connectivity index (χ3n) is 4.34. The zero-order valence-corrected chi connectivity index (χ0v) is 12.2. The Hall–Kier alpha value is -1.10. The molecular formula is C16H24N2O2. The van der Waals surface area contributed by atoms with E-state index in [1.165, 1.54) is 24.9 Å². The molecule has 2 atom stereocenters. The minimum Gasteiger partial charge on any atom is -0.496 e. The van der Waals surface area contributed by atoms with E-state index in [4.69, 9.17) is 9.47 Å². The van der Waals surface area contributed by atoms with Crippen molar-refractivity contribution in [1.29, 1.82) is 0 Å². The summed E-state index contributed by atoms with van der Waals surface area (Å²) < 4.78 is 11.3. The Bertz CT molecular complexity index is 438. The molecule has 0 amide bonds. The van der Waals surface area contributed by atoms with Gasteiger partial charge >= 0.3 is 0 Å². The molecule has 0 aromatic heterocycles. The first-order valence-electron chi connectivity index (χ1n) is 7.55. The van der Waals surface area contributed by atoms with Gasteiger partial charge in [-0.2, -0.15) is 0 Å². The number of rotatable bonds is 5. The van der Waals surface area contributed by atoms with Gasteiger partial charge in [0.1, 0.15) is 5.75 Å². The van der Waals surface area contributed by atoms with Crippen molar-refractivity contribution in [3.63, 3.8) is 0 Å². The third kappa shape index (κ3) is 3.14. The van der Waals surface area contributed by atoms with Gasteiger partial charge in [0.15, 0.2) is 0 Å². The second kappa shape index (κ2) is 6.57. The molecule has 2 saturated heterocycles. The molecule has 0 aliphatic carbocycles. The lowest BCUT2D eigenvalue weighted by Gasteiger charge is -2.35. The molecule has 1 aromatic rings. The highest BCUT2D eigenvalue weighted by molar-refractivity contribution is 5.32. The van der Waals surface area contributed by atoms with E-state index in [1.807, 2.05) is 18.2 Å². The molecule has 3 rings (SSSR count). The SMILES string of the molecule is COc1ccccc1CNCC1CN2CCCC2CO1. The van der Waals surface area contributed by atoms with Gasteiger partial charge in [-0.25, -0.2) is 0 Å². The molecule has 1 aromatic carbocycles. The molecule has 20 heavy (non-hydrogen) atoms. The van der Waals surface area contributed by atoms with E-state index >= 15 is 0 Å². The molecule has 4 heteroatoms. The zero-order chi connectivity index (χ0) is 13.8. The van der Waals surface area contributed by atoms with E-state index in [0.29, 0.717) is 12.1 Å². The monoisotopic (exact) mass is 276 g/mol. The predicted octanol–water partition coefficient (Wildman–Crippen LogP) is 1.65. The van der Waals surface area contributed by atoms with Crippen LogP contribution in [0.2, 0.25) is 0 Å². The van der Waals surface area contributed by atoms with Gasteiger partial charge in [-0.3, -0.25) is 4.90 Å². The van der Waals surface area contributed by atoms with Crippen LogP contribution in [-0.4, -0.2) is 50.4 Å². The molecule has 0 bridgehead atoms. The number of hydrogen-bond donors (Lipinski definition) is 1. The molecule has 2 aliphatic heterocycles. The van der Waals surface area contributed by atoms with Gasteiger partial charge in [-0.15, -0.1) is 0 Å². The number of hydrogen-bond acceptors (Lipinski definition) is 4. The van der Waals surface area contributed by atoms with Crippen LogP contribution in [0, 0.1) is 0 Å². The number of methoxy groups -OCH3 is 1. The molecule has 2 unspecified atom stereocenters. The molecular weight excluding hydrogens is 252 g/mol. The van der Waals surface area contributed by atoms with Crippen molar-refractivity contribution in [3.8, 4) is 5.75 Å². The minimum atomic E-state index is 0.319. The Morgan fingerprint density at radius 3 is 3.20 bits per heavy atom. The summed E-state index contributed by atoms with van der Waals surface area (Å²) in [7, 11) is 1.72. The second-order valence-electron chi connectivity index (χ2n) is 5.69. The number of para-hydroxylation sites is 1. The van der Waals surface area contributed by atoms with Crippen molar-refractivity contribution in [2.24, 2.45) is 0 Å². The summed E-state index contributed by atoms with van der Waals surface area (Å²) in [5.74, 6) is 0.948. The Morgan fingerprint density at radius 1 is 1.40 bits per heavy atom. The lowest BCUT2D eigenvalue weighted by molar-refractivity contribution is -0.0470. The largest absolute Gasteiger partial charge is 0.496 e. The minimum absolute atomic E-state index is 0.319. The fourth-order valence-corrected chi connectivity index (χ4v) is 3.23. The molecule has 1 N–H and O–H groups in total. The smallest absolute Gasteiger partial charge is 0.123 e. The van der Waals surface area contributed by atoms with Crippen LogP contribution in [-0.2, 0) is 11.3 Å². The summed E-state index contributed by atoms with van der Waals surface area (Å²) in [5.41, 5.74) is 1.20. The summed E-state index contributed by atoms with van der Waals surface area (Å²) in [6.45, 7) is 4.95. The fourth-order valence-electron chi connectivity index (χ4n) is 3.23. The molecule has 0 spiro atoms. The first-order chi connectivity index (χ1) is 9.86. The number of ether oxygens (including phenoxy) is 2. The zero-order valence-electron chi connectivity index (χ0n) is 12.2. The molecule has 2 aliphatic rings. The average molecular weight is 276 g/mol. The highest BCUT2D eigenvalue weighted by atomic mass is 16.5. The standard InChI is InChI=1S/C16H24N2O2/c1-19-16-7-3-2-5-13(16)9-17-10-15-11-18-8-4-6-14(18)12-20-15/h2-3,5,7,14-15,17H,4,6,8-12H2,1H3. The predicted molar refractivity (Wildman–Crippen MR) is 79.0 cm³/mol. The van der Waals surface area contributed by atoms with Crippen LogP contribution >= 0.6 is 0 Å². The number of morpholine rings is 1. The highest BCUT2D eigenvalue weighted by Crippen LogP contribution is 2.22. The number of nitrogens with zero attached hydrogens (tertiary/aromatic N) is 1. The van der Waals surface area contributed by atoms with Crippen LogP contribution in [0.15, 0.2) is 24.3 Å². The van der Waals surface area contributed by atoms with Gasteiger partial charge in [0.2, 0.25) is 0 Å². The van der Waals surface area contributed by atoms with Gasteiger partial charge in [0, 0.05) is 31.2 Å². The fraction of sp³-hybridized carbons (Fsp3) is 0.625. The van der Waals surface area contributed by atoms with E-state index in [1.54, 1.807) is 7.11 Å². The number of benzene rings is 1. The molecule has 0 saturated carbocycles. The maximum Gasteiger partial charge on any atom is 0.123 e. The summed E-state index contributed by atoms with van der Waals surface area (Å²) in [4.78, 5) is 2.58. The van der Waals surface area contributed by atoms with Crippen LogP contribution in [0.5, 0.6) is 5.75 Å². The van der Waals surface area contributed by atoms with Gasteiger partial charge in [-0.05, 0) is 25.5 Å². The van der Waals surface area contributed by atoms with Crippen molar-refractivity contribution >= 4 is 0 Å². The maximum absolute atomic E-state index is 5.95. The van der Waals surface area contributed by atoms with Crippen LogP contribution in [0.25, 0.3) is 0 Å². The Balaban J connectivity index is 1.45. The molecule has 2 heterocycles. The highest BCUT2D eigenvalue weighted by Gasteiger charge is 2.31. The van der Waals surface area contributed by atoms with Crippen LogP contribution in [0.4, 0.5) is 0 Å².